The van der Waals surface area contributed by atoms with Crippen molar-refractivity contribution in [3.63, 3.8) is 0 Å². The van der Waals surface area contributed by atoms with Crippen molar-refractivity contribution in [3.05, 3.63) is 29.6 Å². The minimum absolute atomic E-state index is 0.170. The summed E-state index contributed by atoms with van der Waals surface area (Å²) >= 11 is 0. The van der Waals surface area contributed by atoms with Gasteiger partial charge in [0, 0.05) is 32.0 Å². The van der Waals surface area contributed by atoms with Gasteiger partial charge in [-0.05, 0) is 30.5 Å². The molecule has 2 N–H and O–H groups in total. The van der Waals surface area contributed by atoms with E-state index in [9.17, 15) is 4.79 Å². The van der Waals surface area contributed by atoms with E-state index in [-0.39, 0.29) is 6.10 Å². The fraction of sp³-hybridized carbons (Fsp3) is 0.500. The number of carbonyl (C=O) groups is 1. The van der Waals surface area contributed by atoms with Gasteiger partial charge in [0.05, 0.1) is 0 Å². The van der Waals surface area contributed by atoms with Crippen molar-refractivity contribution in [2.75, 3.05) is 13.1 Å². The molecular weight excluding hydrogens is 218 g/mol. The lowest BCUT2D eigenvalue weighted by Gasteiger charge is -2.30. The molecule has 1 aromatic heterocycles. The Kier molecular flexibility index (Phi) is 3.58. The monoisotopic (exact) mass is 235 g/mol. The van der Waals surface area contributed by atoms with Crippen LogP contribution in [0.25, 0.3) is 0 Å². The van der Waals surface area contributed by atoms with Crippen molar-refractivity contribution in [2.45, 2.75) is 26.0 Å². The normalized spacial score (nSPS) is 17.2. The van der Waals surface area contributed by atoms with Crippen LogP contribution in [0.2, 0.25) is 0 Å². The predicted molar refractivity (Wildman–Crippen MR) is 63.3 cm³/mol. The Bertz CT molecular complexity index is 408. The number of primary amides is 1. The summed E-state index contributed by atoms with van der Waals surface area (Å²) in [7, 11) is 0. The van der Waals surface area contributed by atoms with Gasteiger partial charge in [0.25, 0.3) is 0 Å². The maximum Gasteiger partial charge on any atom is 0.404 e. The predicted octanol–water partition coefficient (Wildman–Crippen LogP) is 0.924. The number of nitrogens with zero attached hydrogens (tertiary/aromatic N) is 2. The van der Waals surface area contributed by atoms with Crippen molar-refractivity contribution in [1.29, 1.82) is 0 Å². The quantitative estimate of drug-likeness (QED) is 0.846. The topological polar surface area (TPSA) is 68.5 Å². The van der Waals surface area contributed by atoms with Gasteiger partial charge in [-0.25, -0.2) is 4.79 Å². The molecule has 5 nitrogen and oxygen atoms in total. The number of fused-ring (bicyclic) bond motifs is 1. The largest absolute Gasteiger partial charge is 0.445 e. The summed E-state index contributed by atoms with van der Waals surface area (Å²) in [6.45, 7) is 4.41. The zero-order valence-electron chi connectivity index (χ0n) is 9.93. The summed E-state index contributed by atoms with van der Waals surface area (Å²) in [5.41, 5.74) is 7.60. The maximum atomic E-state index is 10.6. The third kappa shape index (κ3) is 3.17. The standard InChI is InChI=1S/C12H17N3O2/c1-9(17-12(13)16)7-15-5-3-10-6-14-4-2-11(10)8-15/h2,4,6,9H,3,5,7-8H2,1H3,(H2,13,16). The van der Waals surface area contributed by atoms with Crippen LogP contribution in [0, 0.1) is 0 Å². The molecule has 0 spiro atoms. The second-order valence-electron chi connectivity index (χ2n) is 4.38. The summed E-state index contributed by atoms with van der Waals surface area (Å²) in [6, 6.07) is 2.04. The van der Waals surface area contributed by atoms with Crippen LogP contribution in [-0.2, 0) is 17.7 Å². The SMILES string of the molecule is CC(CN1CCc2cnccc2C1)OC(N)=O. The van der Waals surface area contributed by atoms with Gasteiger partial charge >= 0.3 is 6.09 Å². The summed E-state index contributed by atoms with van der Waals surface area (Å²) in [6.07, 6.45) is 3.85. The molecule has 1 aromatic rings. The number of aromatic nitrogens is 1. The summed E-state index contributed by atoms with van der Waals surface area (Å²) in [4.78, 5) is 17.0. The molecular formula is C12H17N3O2. The first-order chi connectivity index (χ1) is 8.15. The molecule has 1 unspecified atom stereocenters. The Morgan fingerprint density at radius 2 is 2.47 bits per heavy atom. The lowest BCUT2D eigenvalue weighted by molar-refractivity contribution is 0.0825. The Morgan fingerprint density at radius 3 is 3.24 bits per heavy atom. The number of ether oxygens (including phenoxy) is 1. The highest BCUT2D eigenvalue weighted by Gasteiger charge is 2.18. The maximum absolute atomic E-state index is 10.6. The van der Waals surface area contributed by atoms with Gasteiger partial charge in [-0.2, -0.15) is 0 Å². The van der Waals surface area contributed by atoms with Gasteiger partial charge in [0.15, 0.2) is 0 Å². The number of pyridine rings is 1. The van der Waals surface area contributed by atoms with Crippen LogP contribution in [0.1, 0.15) is 18.1 Å². The van der Waals surface area contributed by atoms with Gasteiger partial charge in [-0.1, -0.05) is 0 Å². The molecule has 17 heavy (non-hydrogen) atoms. The van der Waals surface area contributed by atoms with Crippen LogP contribution in [-0.4, -0.2) is 35.2 Å². The molecule has 0 aliphatic carbocycles. The van der Waals surface area contributed by atoms with E-state index in [4.69, 9.17) is 10.5 Å². The fourth-order valence-corrected chi connectivity index (χ4v) is 2.19. The number of rotatable bonds is 3. The van der Waals surface area contributed by atoms with Gasteiger partial charge in [-0.3, -0.25) is 9.88 Å². The molecule has 0 radical (unpaired) electrons. The highest BCUT2D eigenvalue weighted by molar-refractivity contribution is 5.64. The van der Waals surface area contributed by atoms with E-state index >= 15 is 0 Å². The zero-order chi connectivity index (χ0) is 12.3. The van der Waals surface area contributed by atoms with Crippen LogP contribution >= 0.6 is 0 Å². The van der Waals surface area contributed by atoms with Gasteiger partial charge in [-0.15, -0.1) is 0 Å². The number of hydrogen-bond donors (Lipinski definition) is 1. The smallest absolute Gasteiger partial charge is 0.404 e. The van der Waals surface area contributed by atoms with Crippen LogP contribution in [0.4, 0.5) is 4.79 Å². The molecule has 0 saturated carbocycles. The molecule has 92 valence electrons. The first-order valence-electron chi connectivity index (χ1n) is 5.75. The molecule has 1 aliphatic rings. The first kappa shape index (κ1) is 11.9. The molecule has 1 atom stereocenters. The second-order valence-corrected chi connectivity index (χ2v) is 4.38. The van der Waals surface area contributed by atoms with E-state index in [1.807, 2.05) is 25.4 Å². The van der Waals surface area contributed by atoms with Crippen molar-refractivity contribution < 1.29 is 9.53 Å². The average Bonchev–Trinajstić information content (AvgIpc) is 2.27. The number of carbonyl (C=O) groups excluding carboxylic acids is 1. The van der Waals surface area contributed by atoms with E-state index in [0.29, 0.717) is 6.54 Å². The molecule has 0 bridgehead atoms. The van der Waals surface area contributed by atoms with E-state index in [1.165, 1.54) is 11.1 Å². The molecule has 1 aliphatic heterocycles. The molecule has 2 rings (SSSR count). The third-order valence-corrected chi connectivity index (χ3v) is 2.93. The fourth-order valence-electron chi connectivity index (χ4n) is 2.19. The zero-order valence-corrected chi connectivity index (χ0v) is 9.93. The van der Waals surface area contributed by atoms with E-state index in [2.05, 4.69) is 9.88 Å². The minimum Gasteiger partial charge on any atom is -0.445 e. The van der Waals surface area contributed by atoms with Crippen molar-refractivity contribution >= 4 is 6.09 Å². The molecule has 0 aromatic carbocycles. The summed E-state index contributed by atoms with van der Waals surface area (Å²) in [5.74, 6) is 0. The van der Waals surface area contributed by atoms with Crippen molar-refractivity contribution in [1.82, 2.24) is 9.88 Å². The van der Waals surface area contributed by atoms with Crippen molar-refractivity contribution in [2.24, 2.45) is 5.73 Å². The Hall–Kier alpha value is -1.62. The Balaban J connectivity index is 1.92. The Labute approximate surface area is 101 Å². The highest BCUT2D eigenvalue weighted by atomic mass is 16.6. The highest BCUT2D eigenvalue weighted by Crippen LogP contribution is 2.17. The van der Waals surface area contributed by atoms with Crippen LogP contribution in [0.5, 0.6) is 0 Å². The molecule has 0 saturated heterocycles. The summed E-state index contributed by atoms with van der Waals surface area (Å²) < 4.78 is 4.93. The van der Waals surface area contributed by atoms with Gasteiger partial charge in [0.2, 0.25) is 0 Å². The van der Waals surface area contributed by atoms with Crippen LogP contribution in [0.3, 0.4) is 0 Å². The minimum atomic E-state index is -0.709. The van der Waals surface area contributed by atoms with Gasteiger partial charge < -0.3 is 10.5 Å². The van der Waals surface area contributed by atoms with Crippen LogP contribution < -0.4 is 5.73 Å². The molecule has 5 heteroatoms. The second kappa shape index (κ2) is 5.14. The van der Waals surface area contributed by atoms with E-state index < -0.39 is 6.09 Å². The van der Waals surface area contributed by atoms with Crippen molar-refractivity contribution in [3.8, 4) is 0 Å². The first-order valence-corrected chi connectivity index (χ1v) is 5.75. The lowest BCUT2D eigenvalue weighted by Crippen LogP contribution is -2.38. The molecule has 1 amide bonds. The average molecular weight is 235 g/mol. The molecule has 0 fully saturated rings. The van der Waals surface area contributed by atoms with E-state index in [1.54, 1.807) is 0 Å². The van der Waals surface area contributed by atoms with E-state index in [0.717, 1.165) is 19.5 Å². The Morgan fingerprint density at radius 1 is 1.65 bits per heavy atom. The number of amides is 1. The third-order valence-electron chi connectivity index (χ3n) is 2.93. The molecule has 2 heterocycles. The van der Waals surface area contributed by atoms with Crippen LogP contribution in [0.15, 0.2) is 18.5 Å². The number of hydrogen-bond acceptors (Lipinski definition) is 4. The summed E-state index contributed by atoms with van der Waals surface area (Å²) in [5, 5.41) is 0. The lowest BCUT2D eigenvalue weighted by atomic mass is 10.0. The number of nitrogens with two attached hydrogens (primary N) is 1. The van der Waals surface area contributed by atoms with Gasteiger partial charge in [0.1, 0.15) is 6.10 Å².